The Hall–Kier alpha value is -4.21. The van der Waals surface area contributed by atoms with Crippen LogP contribution in [-0.4, -0.2) is 64.1 Å². The van der Waals surface area contributed by atoms with Gasteiger partial charge in [0, 0.05) is 19.3 Å². The number of nitrogens with one attached hydrogen (secondary N) is 1. The average Bonchev–Trinajstić information content (AvgIpc) is 3.39. The lowest BCUT2D eigenvalue weighted by Crippen LogP contribution is -2.75. The van der Waals surface area contributed by atoms with Crippen LogP contribution in [0.25, 0.3) is 0 Å². The number of hydrogen-bond donors (Lipinski definition) is 1. The number of likely N-dealkylation sites (N-methyl/N-ethyl adjacent to an activating group) is 1. The van der Waals surface area contributed by atoms with Crippen LogP contribution < -0.4 is 21.6 Å². The molecule has 2 fully saturated rings. The molecule has 1 N–H and O–H groups in total. The van der Waals surface area contributed by atoms with E-state index in [4.69, 9.17) is 18.4 Å². The van der Waals surface area contributed by atoms with Crippen molar-refractivity contribution in [1.82, 2.24) is 14.6 Å². The maximum absolute atomic E-state index is 13.8. The Morgan fingerprint density at radius 2 is 1.26 bits per heavy atom. The highest BCUT2D eigenvalue weighted by Gasteiger charge is 2.73. The number of hydrogen-bond acceptors (Lipinski definition) is 7. The molecule has 0 aliphatic carbocycles. The van der Waals surface area contributed by atoms with Gasteiger partial charge in [-0.05, 0) is 31.6 Å². The smallest absolute Gasteiger partial charge is 0.330 e. The Morgan fingerprint density at radius 3 is 1.72 bits per heavy atom. The van der Waals surface area contributed by atoms with Gasteiger partial charge in [-0.3, -0.25) is 19.2 Å². The average molecular weight is 762 g/mol. The Balaban J connectivity index is 1.60. The first-order valence-corrected chi connectivity index (χ1v) is 21.8. The first-order chi connectivity index (χ1) is 25.7. The zero-order valence-corrected chi connectivity index (χ0v) is 34.6. The van der Waals surface area contributed by atoms with Gasteiger partial charge in [-0.1, -0.05) is 163 Å². The molecule has 3 heterocycles. The van der Waals surface area contributed by atoms with E-state index in [0.29, 0.717) is 0 Å². The molecule has 11 heteroatoms. The number of nitrogens with zero attached hydrogens (tertiary/aromatic N) is 2. The molecular weight excluding hydrogens is 711 g/mol. The molecule has 5 aromatic rings. The number of benzene rings is 4. The normalized spacial score (nSPS) is 22.5. The van der Waals surface area contributed by atoms with Crippen LogP contribution in [0.5, 0.6) is 0 Å². The summed E-state index contributed by atoms with van der Waals surface area (Å²) in [7, 11) is -2.76. The van der Waals surface area contributed by atoms with Gasteiger partial charge in [0.05, 0.1) is 0 Å². The molecule has 7 rings (SSSR count). The van der Waals surface area contributed by atoms with Crippen molar-refractivity contribution in [3.05, 3.63) is 166 Å². The van der Waals surface area contributed by atoms with Gasteiger partial charge in [0.2, 0.25) is 0 Å². The Morgan fingerprint density at radius 1 is 0.759 bits per heavy atom. The van der Waals surface area contributed by atoms with Crippen LogP contribution >= 0.6 is 0 Å². The van der Waals surface area contributed by atoms with Crippen molar-refractivity contribution >= 4 is 28.5 Å². The molecule has 0 saturated carbocycles. The van der Waals surface area contributed by atoms with E-state index >= 15 is 0 Å². The fraction of sp³-hybridized carbons (Fsp3) is 0.349. The topological polar surface area (TPSA) is 95.0 Å². The highest BCUT2D eigenvalue weighted by atomic mass is 28.4. The summed E-state index contributed by atoms with van der Waals surface area (Å²) >= 11 is 0. The third-order valence-corrected chi connectivity index (χ3v) is 17.3. The molecule has 2 aliphatic heterocycles. The summed E-state index contributed by atoms with van der Waals surface area (Å²) in [5.41, 5.74) is -1.90. The fourth-order valence-electron chi connectivity index (χ4n) is 8.44. The third kappa shape index (κ3) is 6.41. The predicted molar refractivity (Wildman–Crippen MR) is 217 cm³/mol. The van der Waals surface area contributed by atoms with E-state index in [1.54, 1.807) is 5.06 Å². The van der Waals surface area contributed by atoms with Crippen molar-refractivity contribution in [3.63, 3.8) is 0 Å². The molecule has 4 unspecified atom stereocenters. The summed E-state index contributed by atoms with van der Waals surface area (Å²) < 4.78 is 24.9. The van der Waals surface area contributed by atoms with Crippen LogP contribution in [0.15, 0.2) is 143 Å². The molecule has 4 aromatic carbocycles. The first kappa shape index (κ1) is 38.1. The monoisotopic (exact) mass is 761 g/mol. The first-order valence-electron chi connectivity index (χ1n) is 18.6. The molecule has 2 saturated heterocycles. The molecule has 2 aliphatic rings. The van der Waals surface area contributed by atoms with Crippen molar-refractivity contribution in [2.75, 3.05) is 13.7 Å². The molecule has 0 radical (unpaired) electrons. The molecule has 0 spiro atoms. The van der Waals surface area contributed by atoms with Crippen molar-refractivity contribution in [3.8, 4) is 0 Å². The van der Waals surface area contributed by atoms with Crippen LogP contribution in [0.4, 0.5) is 0 Å². The molecular formula is C43H51N3O6Si2. The van der Waals surface area contributed by atoms with E-state index in [1.165, 1.54) is 16.8 Å². The van der Waals surface area contributed by atoms with Gasteiger partial charge in [-0.2, -0.15) is 5.06 Å². The Bertz CT molecular complexity index is 2070. The quantitative estimate of drug-likeness (QED) is 0.194. The highest BCUT2D eigenvalue weighted by molar-refractivity contribution is 6.99. The van der Waals surface area contributed by atoms with Crippen LogP contribution in [0.1, 0.15) is 58.9 Å². The van der Waals surface area contributed by atoms with Gasteiger partial charge in [0.1, 0.15) is 24.4 Å². The summed E-state index contributed by atoms with van der Waals surface area (Å²) in [6.45, 7) is 13.4. The standard InChI is InChI=1S/C43H51N3O6Si2/c1-40(2,3)53-52-43(31-20-12-8-13-21-31,32-22-14-9-15-23-32)42-30-49-45(7)36(38(50-42)46-29-28-35(47)44-39(46)48)37(42)51-54(41(4,5)6,33-24-16-10-17-25-33)34-26-18-11-19-27-34/h8-29,36-38H,30,53H2,1-7H3,(H,44,47,48). The van der Waals surface area contributed by atoms with E-state index in [9.17, 15) is 9.59 Å². The second-order valence-electron chi connectivity index (χ2n) is 16.7. The van der Waals surface area contributed by atoms with E-state index in [-0.39, 0.29) is 16.7 Å². The Kier molecular flexibility index (Phi) is 10.2. The zero-order valence-electron chi connectivity index (χ0n) is 32.2. The maximum Gasteiger partial charge on any atom is 0.330 e. The minimum Gasteiger partial charge on any atom is -0.407 e. The number of hydroxylamine groups is 2. The number of fused-ring (bicyclic) bond motifs is 2. The van der Waals surface area contributed by atoms with Gasteiger partial charge >= 0.3 is 5.69 Å². The fourth-order valence-corrected chi connectivity index (χ4v) is 14.4. The predicted octanol–water partition coefficient (Wildman–Crippen LogP) is 5.26. The molecule has 54 heavy (non-hydrogen) atoms. The SMILES string of the molecule is CN1OCC2(C(O[SiH2]C(C)(C)C)(c3ccccc3)c3ccccc3)OC(n3ccc(=O)[nH]c3=O)C1C2O[Si](c1ccccc1)(c1ccccc1)C(C)(C)C. The van der Waals surface area contributed by atoms with Gasteiger partial charge < -0.3 is 13.6 Å². The van der Waals surface area contributed by atoms with E-state index in [2.05, 4.69) is 119 Å². The van der Waals surface area contributed by atoms with E-state index in [1.807, 2.05) is 55.6 Å². The van der Waals surface area contributed by atoms with Crippen LogP contribution in [0.2, 0.25) is 10.1 Å². The Labute approximate surface area is 320 Å². The van der Waals surface area contributed by atoms with Crippen molar-refractivity contribution in [1.29, 1.82) is 0 Å². The summed E-state index contributed by atoms with van der Waals surface area (Å²) in [5.74, 6) is 0. The highest BCUT2D eigenvalue weighted by Crippen LogP contribution is 2.58. The van der Waals surface area contributed by atoms with Gasteiger partial charge in [-0.25, -0.2) is 4.79 Å². The van der Waals surface area contributed by atoms with Gasteiger partial charge in [0.15, 0.2) is 21.6 Å². The van der Waals surface area contributed by atoms with E-state index < -0.39 is 58.9 Å². The van der Waals surface area contributed by atoms with E-state index in [0.717, 1.165) is 21.5 Å². The van der Waals surface area contributed by atoms with Crippen molar-refractivity contribution in [2.24, 2.45) is 0 Å². The third-order valence-electron chi connectivity index (χ3n) is 10.8. The summed E-state index contributed by atoms with van der Waals surface area (Å²) in [5, 5.41) is 3.50. The second kappa shape index (κ2) is 14.5. The number of aromatic nitrogens is 2. The van der Waals surface area contributed by atoms with Crippen LogP contribution in [0.3, 0.4) is 0 Å². The number of aromatic amines is 1. The second-order valence-corrected chi connectivity index (χ2v) is 23.6. The zero-order chi connectivity index (χ0) is 38.4. The lowest BCUT2D eigenvalue weighted by atomic mass is 9.69. The van der Waals surface area contributed by atoms with Crippen molar-refractivity contribution < 1.29 is 18.4 Å². The minimum absolute atomic E-state index is 0.0554. The summed E-state index contributed by atoms with van der Waals surface area (Å²) in [6, 6.07) is 42.2. The van der Waals surface area contributed by atoms with Gasteiger partial charge in [-0.15, -0.1) is 0 Å². The largest absolute Gasteiger partial charge is 0.407 e. The van der Waals surface area contributed by atoms with Crippen molar-refractivity contribution in [2.45, 2.75) is 81.2 Å². The van der Waals surface area contributed by atoms with Crippen LogP contribution in [0, 0.1) is 0 Å². The molecule has 1 aromatic heterocycles. The summed E-state index contributed by atoms with van der Waals surface area (Å²) in [6.07, 6.45) is -0.164. The maximum atomic E-state index is 13.8. The van der Waals surface area contributed by atoms with Gasteiger partial charge in [0.25, 0.3) is 13.9 Å². The number of ether oxygens (including phenoxy) is 1. The molecule has 282 valence electrons. The lowest BCUT2D eigenvalue weighted by Gasteiger charge is -2.56. The van der Waals surface area contributed by atoms with Crippen LogP contribution in [-0.2, 0) is 24.0 Å². The summed E-state index contributed by atoms with van der Waals surface area (Å²) in [4.78, 5) is 35.4. The molecule has 9 nitrogen and oxygen atoms in total. The lowest BCUT2D eigenvalue weighted by molar-refractivity contribution is -0.279. The molecule has 2 bridgehead atoms. The molecule has 0 amide bonds. The minimum atomic E-state index is -3.30. The molecule has 4 atom stereocenters. The number of H-pyrrole nitrogens is 1. The number of rotatable bonds is 10.